The van der Waals surface area contributed by atoms with Crippen LogP contribution in [0.5, 0.6) is 5.75 Å². The van der Waals surface area contributed by atoms with Crippen molar-refractivity contribution in [1.82, 2.24) is 10.6 Å². The summed E-state index contributed by atoms with van der Waals surface area (Å²) in [5.41, 5.74) is 5.51. The minimum Gasteiger partial charge on any atom is -0.507 e. The second kappa shape index (κ2) is 12.1. The van der Waals surface area contributed by atoms with Gasteiger partial charge in [0.15, 0.2) is 0 Å². The van der Waals surface area contributed by atoms with Gasteiger partial charge in [-0.1, -0.05) is 49.7 Å². The summed E-state index contributed by atoms with van der Waals surface area (Å²) in [6, 6.07) is 18.5. The minimum atomic E-state index is -0.245. The molecule has 1 aromatic heterocycles. The molecule has 2 aromatic carbocycles. The molecule has 1 amide bonds. The van der Waals surface area contributed by atoms with Crippen LogP contribution in [0.4, 0.5) is 0 Å². The third kappa shape index (κ3) is 5.80. The van der Waals surface area contributed by atoms with Crippen molar-refractivity contribution in [1.29, 1.82) is 5.26 Å². The van der Waals surface area contributed by atoms with Crippen molar-refractivity contribution < 1.29 is 9.90 Å². The molecule has 1 heterocycles. The molecule has 0 aliphatic heterocycles. The minimum absolute atomic E-state index is 0.00160. The first-order valence-corrected chi connectivity index (χ1v) is 14.8. The monoisotopic (exact) mass is 527 g/mol. The molecule has 3 aromatic rings. The molecule has 0 spiro atoms. The molecule has 0 radical (unpaired) electrons. The number of hydrogen-bond acceptors (Lipinski definition) is 5. The van der Waals surface area contributed by atoms with Gasteiger partial charge in [-0.3, -0.25) is 4.79 Å². The third-order valence-electron chi connectivity index (χ3n) is 8.42. The molecule has 0 fully saturated rings. The first kappa shape index (κ1) is 26.5. The predicted molar refractivity (Wildman–Crippen MR) is 153 cm³/mol. The predicted octanol–water partition coefficient (Wildman–Crippen LogP) is 5.89. The lowest BCUT2D eigenvalue weighted by atomic mass is 9.90. The van der Waals surface area contributed by atoms with Crippen LogP contribution in [-0.4, -0.2) is 30.1 Å². The van der Waals surface area contributed by atoms with Gasteiger partial charge in [0.25, 0.3) is 5.91 Å². The number of nitrogens with zero attached hydrogens (tertiary/aromatic N) is 1. The number of carbonyl (C=O) groups is 1. The van der Waals surface area contributed by atoms with Gasteiger partial charge in [0.05, 0.1) is 11.1 Å². The zero-order chi connectivity index (χ0) is 26.5. The maximum atomic E-state index is 12.5. The van der Waals surface area contributed by atoms with E-state index in [1.54, 1.807) is 18.2 Å². The van der Waals surface area contributed by atoms with Crippen LogP contribution in [0.1, 0.15) is 80.9 Å². The Bertz CT molecular complexity index is 1320. The lowest BCUT2D eigenvalue weighted by Crippen LogP contribution is -2.36. The van der Waals surface area contributed by atoms with E-state index in [1.165, 1.54) is 45.4 Å². The molecule has 0 bridgehead atoms. The highest BCUT2D eigenvalue weighted by atomic mass is 32.1. The van der Waals surface area contributed by atoms with Crippen LogP contribution >= 0.6 is 11.3 Å². The number of fused-ring (bicyclic) bond motifs is 2. The molecule has 3 unspecified atom stereocenters. The van der Waals surface area contributed by atoms with Crippen molar-refractivity contribution in [3.63, 3.8) is 0 Å². The molecule has 2 aliphatic carbocycles. The molecule has 38 heavy (non-hydrogen) atoms. The van der Waals surface area contributed by atoms with E-state index in [4.69, 9.17) is 0 Å². The van der Waals surface area contributed by atoms with Crippen molar-refractivity contribution in [2.45, 2.75) is 70.3 Å². The lowest BCUT2D eigenvalue weighted by molar-refractivity contribution is 0.0943. The number of rotatable bonds is 10. The van der Waals surface area contributed by atoms with Gasteiger partial charge in [0, 0.05) is 28.9 Å². The number of amides is 1. The Labute approximate surface area is 229 Å². The number of nitriles is 1. The Morgan fingerprint density at radius 3 is 2.79 bits per heavy atom. The van der Waals surface area contributed by atoms with Gasteiger partial charge in [-0.2, -0.15) is 5.26 Å². The second-order valence-corrected chi connectivity index (χ2v) is 11.9. The fourth-order valence-electron chi connectivity index (χ4n) is 6.07. The number of aryl methyl sites for hydroxylation is 2. The average Bonchev–Trinajstić information content (AvgIpc) is 3.52. The third-order valence-corrected chi connectivity index (χ3v) is 9.73. The molecule has 198 valence electrons. The highest BCUT2D eigenvalue weighted by molar-refractivity contribution is 7.12. The van der Waals surface area contributed by atoms with Gasteiger partial charge in [-0.15, -0.1) is 11.3 Å². The number of benzene rings is 2. The van der Waals surface area contributed by atoms with Crippen LogP contribution in [0.25, 0.3) is 0 Å². The second-order valence-electron chi connectivity index (χ2n) is 10.7. The highest BCUT2D eigenvalue weighted by Crippen LogP contribution is 2.36. The zero-order valence-corrected chi connectivity index (χ0v) is 22.9. The first-order chi connectivity index (χ1) is 18.6. The van der Waals surface area contributed by atoms with E-state index >= 15 is 0 Å². The van der Waals surface area contributed by atoms with Crippen LogP contribution in [0.3, 0.4) is 0 Å². The van der Waals surface area contributed by atoms with E-state index in [2.05, 4.69) is 47.9 Å². The Morgan fingerprint density at radius 2 is 1.97 bits per heavy atom. The maximum absolute atomic E-state index is 12.5. The van der Waals surface area contributed by atoms with Crippen molar-refractivity contribution in [3.8, 4) is 11.8 Å². The Hall–Kier alpha value is -3.14. The summed E-state index contributed by atoms with van der Waals surface area (Å²) in [7, 11) is 0. The molecular weight excluding hydrogens is 490 g/mol. The fraction of sp³-hybridized carbons (Fsp3) is 0.438. The van der Waals surface area contributed by atoms with E-state index in [9.17, 15) is 15.2 Å². The molecular formula is C32H37N3O2S. The summed E-state index contributed by atoms with van der Waals surface area (Å²) >= 11 is 1.83. The summed E-state index contributed by atoms with van der Waals surface area (Å²) in [5.74, 6) is 0.685. The molecule has 3 N–H and O–H groups in total. The summed E-state index contributed by atoms with van der Waals surface area (Å²) in [6.45, 7) is 3.73. The maximum Gasteiger partial charge on any atom is 0.255 e. The number of carbonyl (C=O) groups excluding carboxylic acids is 1. The van der Waals surface area contributed by atoms with Crippen LogP contribution in [0.15, 0.2) is 48.5 Å². The Morgan fingerprint density at radius 1 is 1.16 bits per heavy atom. The summed E-state index contributed by atoms with van der Waals surface area (Å²) in [4.78, 5) is 15.1. The van der Waals surface area contributed by atoms with E-state index in [1.807, 2.05) is 11.3 Å². The van der Waals surface area contributed by atoms with Gasteiger partial charge in [-0.25, -0.2) is 0 Å². The van der Waals surface area contributed by atoms with Gasteiger partial charge in [0.2, 0.25) is 0 Å². The number of phenols is 1. The van der Waals surface area contributed by atoms with Crippen LogP contribution < -0.4 is 10.6 Å². The van der Waals surface area contributed by atoms with Gasteiger partial charge in [-0.05, 0) is 85.6 Å². The van der Waals surface area contributed by atoms with Crippen molar-refractivity contribution in [2.75, 3.05) is 13.1 Å². The Balaban J connectivity index is 1.15. The molecule has 0 saturated carbocycles. The quantitative estimate of drug-likeness (QED) is 0.307. The van der Waals surface area contributed by atoms with Crippen LogP contribution in [0, 0.1) is 17.2 Å². The number of aromatic hydroxyl groups is 1. The van der Waals surface area contributed by atoms with E-state index in [0.29, 0.717) is 30.0 Å². The molecule has 0 saturated heterocycles. The molecule has 5 nitrogen and oxygen atoms in total. The van der Waals surface area contributed by atoms with Crippen molar-refractivity contribution in [2.24, 2.45) is 5.92 Å². The van der Waals surface area contributed by atoms with E-state index in [-0.39, 0.29) is 11.7 Å². The first-order valence-electron chi connectivity index (χ1n) is 14.0. The molecule has 5 rings (SSSR count). The van der Waals surface area contributed by atoms with Gasteiger partial charge >= 0.3 is 0 Å². The normalized spacial score (nSPS) is 18.8. The number of para-hydroxylation sites is 1. The highest BCUT2D eigenvalue weighted by Gasteiger charge is 2.28. The number of thiophene rings is 1. The number of nitrogens with one attached hydrogen (secondary N) is 2. The fourth-order valence-corrected chi connectivity index (χ4v) is 7.47. The van der Waals surface area contributed by atoms with Crippen molar-refractivity contribution in [3.05, 3.63) is 86.1 Å². The van der Waals surface area contributed by atoms with Crippen LogP contribution in [0.2, 0.25) is 0 Å². The largest absolute Gasteiger partial charge is 0.507 e. The van der Waals surface area contributed by atoms with E-state index < -0.39 is 0 Å². The van der Waals surface area contributed by atoms with Gasteiger partial charge < -0.3 is 15.7 Å². The topological polar surface area (TPSA) is 85.2 Å². The lowest BCUT2D eigenvalue weighted by Gasteiger charge is -2.25. The zero-order valence-electron chi connectivity index (χ0n) is 22.1. The van der Waals surface area contributed by atoms with E-state index in [0.717, 1.165) is 50.6 Å². The molecule has 3 atom stereocenters. The Kier molecular flexibility index (Phi) is 8.46. The molecule has 2 aliphatic rings. The summed E-state index contributed by atoms with van der Waals surface area (Å²) in [6.07, 6.45) is 8.23. The van der Waals surface area contributed by atoms with Gasteiger partial charge in [0.1, 0.15) is 11.8 Å². The number of phenolic OH excluding ortho intramolecular Hbond substituents is 1. The van der Waals surface area contributed by atoms with Crippen molar-refractivity contribution >= 4 is 17.2 Å². The summed E-state index contributed by atoms with van der Waals surface area (Å²) in [5, 5.41) is 26.8. The summed E-state index contributed by atoms with van der Waals surface area (Å²) < 4.78 is 0. The number of hydrogen-bond donors (Lipinski definition) is 3. The average molecular weight is 528 g/mol. The SMILES string of the molecule is CCC(CCc1sc2c(c1C#N)CCC(NCC1CCc3ccccc31)C2)CNC(=O)c1ccccc1O. The smallest absolute Gasteiger partial charge is 0.255 e. The standard InChI is InChI=1S/C32H37N3O2S/c1-2-21(19-35-32(37)27-9-5-6-10-29(27)36)11-16-30-28(18-33)26-15-14-24(17-31(26)38-30)34-20-23-13-12-22-7-3-4-8-25(22)23/h3-10,21,23-24,34,36H,2,11-17,19-20H2,1H3,(H,35,37). The molecule has 6 heteroatoms. The van der Waals surface area contributed by atoms with Crippen LogP contribution in [-0.2, 0) is 25.7 Å².